The number of hydrogen-bond acceptors (Lipinski definition) is 2. The lowest BCUT2D eigenvalue weighted by molar-refractivity contribution is -0.122. The normalized spacial score (nSPS) is 11.8. The van der Waals surface area contributed by atoms with E-state index in [-0.39, 0.29) is 11.7 Å². The molecule has 0 saturated heterocycles. The zero-order chi connectivity index (χ0) is 15.4. The minimum Gasteiger partial charge on any atom is -0.481 e. The molecular weight excluding hydrogens is 293 g/mol. The fourth-order valence-corrected chi connectivity index (χ4v) is 1.98. The van der Waals surface area contributed by atoms with Gasteiger partial charge in [-0.1, -0.05) is 17.7 Å². The Balaban J connectivity index is 2.02. The van der Waals surface area contributed by atoms with Crippen molar-refractivity contribution in [1.82, 2.24) is 0 Å². The zero-order valence-electron chi connectivity index (χ0n) is 11.7. The first-order valence-electron chi connectivity index (χ1n) is 6.45. The van der Waals surface area contributed by atoms with Crippen LogP contribution in [0.15, 0.2) is 42.5 Å². The van der Waals surface area contributed by atoms with Gasteiger partial charge in [0.25, 0.3) is 5.91 Å². The summed E-state index contributed by atoms with van der Waals surface area (Å²) in [5.74, 6) is -0.139. The summed E-state index contributed by atoms with van der Waals surface area (Å²) in [6.45, 7) is 3.36. The maximum Gasteiger partial charge on any atom is 0.265 e. The monoisotopic (exact) mass is 307 g/mol. The summed E-state index contributed by atoms with van der Waals surface area (Å²) in [4.78, 5) is 12.1. The average molecular weight is 308 g/mol. The summed E-state index contributed by atoms with van der Waals surface area (Å²) < 4.78 is 18.5. The number of benzene rings is 2. The van der Waals surface area contributed by atoms with E-state index in [0.717, 1.165) is 0 Å². The minimum atomic E-state index is -0.701. The van der Waals surface area contributed by atoms with E-state index >= 15 is 0 Å². The van der Waals surface area contributed by atoms with Gasteiger partial charge in [0.1, 0.15) is 11.6 Å². The Morgan fingerprint density at radius 1 is 1.29 bits per heavy atom. The van der Waals surface area contributed by atoms with Gasteiger partial charge in [-0.15, -0.1) is 0 Å². The van der Waals surface area contributed by atoms with Crippen LogP contribution in [0.25, 0.3) is 0 Å². The molecule has 1 atom stereocenters. The third-order valence-electron chi connectivity index (χ3n) is 2.92. The Kier molecular flexibility index (Phi) is 4.81. The first kappa shape index (κ1) is 15.3. The van der Waals surface area contributed by atoms with Gasteiger partial charge in [0, 0.05) is 10.7 Å². The third kappa shape index (κ3) is 4.20. The summed E-state index contributed by atoms with van der Waals surface area (Å²) in [5, 5.41) is 3.25. The van der Waals surface area contributed by atoms with E-state index in [1.165, 1.54) is 18.2 Å². The first-order valence-corrected chi connectivity index (χ1v) is 6.83. The molecule has 0 aliphatic rings. The van der Waals surface area contributed by atoms with E-state index in [0.29, 0.717) is 22.0 Å². The number of anilines is 1. The molecule has 1 N–H and O–H groups in total. The minimum absolute atomic E-state index is 0.315. The highest BCUT2D eigenvalue weighted by atomic mass is 35.5. The Labute approximate surface area is 127 Å². The molecule has 0 aromatic heterocycles. The lowest BCUT2D eigenvalue weighted by Gasteiger charge is -2.16. The van der Waals surface area contributed by atoms with Gasteiger partial charge in [-0.3, -0.25) is 4.79 Å². The van der Waals surface area contributed by atoms with Crippen molar-refractivity contribution in [2.75, 3.05) is 5.32 Å². The Bertz CT molecular complexity index is 660. The van der Waals surface area contributed by atoms with Crippen molar-refractivity contribution in [1.29, 1.82) is 0 Å². The molecular formula is C16H15ClFNO2. The molecule has 0 saturated carbocycles. The van der Waals surface area contributed by atoms with Crippen LogP contribution in [0.5, 0.6) is 5.75 Å². The van der Waals surface area contributed by atoms with Gasteiger partial charge in [0.15, 0.2) is 6.10 Å². The smallest absolute Gasteiger partial charge is 0.265 e. The van der Waals surface area contributed by atoms with Crippen LogP contribution in [0.2, 0.25) is 5.02 Å². The molecule has 2 aromatic rings. The Morgan fingerprint density at radius 2 is 2.05 bits per heavy atom. The number of hydrogen-bond donors (Lipinski definition) is 1. The van der Waals surface area contributed by atoms with Crippen LogP contribution < -0.4 is 10.1 Å². The molecule has 1 amide bonds. The highest BCUT2D eigenvalue weighted by Gasteiger charge is 2.16. The first-order chi connectivity index (χ1) is 9.95. The van der Waals surface area contributed by atoms with Crippen molar-refractivity contribution in [2.24, 2.45) is 0 Å². The molecule has 5 heteroatoms. The Hall–Kier alpha value is -2.07. The number of aryl methyl sites for hydroxylation is 1. The highest BCUT2D eigenvalue weighted by Crippen LogP contribution is 2.20. The summed E-state index contributed by atoms with van der Waals surface area (Å²) in [5.41, 5.74) is 1.21. The van der Waals surface area contributed by atoms with Crippen molar-refractivity contribution in [2.45, 2.75) is 20.0 Å². The van der Waals surface area contributed by atoms with Crippen LogP contribution in [0.1, 0.15) is 12.5 Å². The predicted octanol–water partition coefficient (Wildman–Crippen LogP) is 4.19. The zero-order valence-corrected chi connectivity index (χ0v) is 12.4. The molecule has 0 spiro atoms. The average Bonchev–Trinajstić information content (AvgIpc) is 2.41. The van der Waals surface area contributed by atoms with Crippen molar-refractivity contribution in [3.8, 4) is 5.75 Å². The van der Waals surface area contributed by atoms with Crippen LogP contribution in [0.3, 0.4) is 0 Å². The molecule has 0 fully saturated rings. The maximum absolute atomic E-state index is 13.0. The molecule has 2 aromatic carbocycles. The molecule has 21 heavy (non-hydrogen) atoms. The van der Waals surface area contributed by atoms with E-state index in [1.807, 2.05) is 0 Å². The molecule has 0 unspecified atom stereocenters. The largest absolute Gasteiger partial charge is 0.481 e. The number of rotatable bonds is 4. The quantitative estimate of drug-likeness (QED) is 0.919. The second-order valence-electron chi connectivity index (χ2n) is 4.67. The second-order valence-corrected chi connectivity index (χ2v) is 5.10. The maximum atomic E-state index is 13.0. The molecule has 0 aliphatic carbocycles. The lowest BCUT2D eigenvalue weighted by Crippen LogP contribution is -2.30. The number of halogens is 2. The van der Waals surface area contributed by atoms with E-state index < -0.39 is 6.10 Å². The van der Waals surface area contributed by atoms with E-state index in [4.69, 9.17) is 16.3 Å². The highest BCUT2D eigenvalue weighted by molar-refractivity contribution is 6.30. The van der Waals surface area contributed by atoms with Gasteiger partial charge >= 0.3 is 0 Å². The number of amides is 1. The fourth-order valence-electron chi connectivity index (χ4n) is 1.80. The van der Waals surface area contributed by atoms with E-state index in [1.54, 1.807) is 38.1 Å². The summed E-state index contributed by atoms with van der Waals surface area (Å²) >= 11 is 5.86. The number of carbonyl (C=O) groups is 1. The molecule has 0 heterocycles. The number of ether oxygens (including phenoxy) is 1. The Morgan fingerprint density at radius 3 is 2.71 bits per heavy atom. The van der Waals surface area contributed by atoms with E-state index in [2.05, 4.69) is 5.32 Å². The van der Waals surface area contributed by atoms with Gasteiger partial charge in [0.05, 0.1) is 0 Å². The summed E-state index contributed by atoms with van der Waals surface area (Å²) in [7, 11) is 0. The standard InChI is InChI=1S/C16H15ClFNO2/c1-10-8-13(18)6-7-15(10)19-16(20)11(2)21-14-5-3-4-12(17)9-14/h3-9,11H,1-2H3,(H,19,20)/t11-/m1/s1. The van der Waals surface area contributed by atoms with Crippen LogP contribution in [-0.4, -0.2) is 12.0 Å². The molecule has 2 rings (SSSR count). The summed E-state index contributed by atoms with van der Waals surface area (Å²) in [6, 6.07) is 11.0. The number of carbonyl (C=O) groups excluding carboxylic acids is 1. The molecule has 0 bridgehead atoms. The molecule has 0 aliphatic heterocycles. The third-order valence-corrected chi connectivity index (χ3v) is 3.16. The predicted molar refractivity (Wildman–Crippen MR) is 81.3 cm³/mol. The van der Waals surface area contributed by atoms with Gasteiger partial charge in [-0.25, -0.2) is 4.39 Å². The summed E-state index contributed by atoms with van der Waals surface area (Å²) in [6.07, 6.45) is -0.701. The lowest BCUT2D eigenvalue weighted by atomic mass is 10.2. The van der Waals surface area contributed by atoms with Crippen LogP contribution in [0, 0.1) is 12.7 Å². The van der Waals surface area contributed by atoms with Gasteiger partial charge < -0.3 is 10.1 Å². The van der Waals surface area contributed by atoms with E-state index in [9.17, 15) is 9.18 Å². The fraction of sp³-hybridized carbons (Fsp3) is 0.188. The van der Waals surface area contributed by atoms with Crippen molar-refractivity contribution < 1.29 is 13.9 Å². The topological polar surface area (TPSA) is 38.3 Å². The van der Waals surface area contributed by atoms with Crippen LogP contribution in [-0.2, 0) is 4.79 Å². The van der Waals surface area contributed by atoms with Crippen molar-refractivity contribution in [3.05, 3.63) is 58.9 Å². The SMILES string of the molecule is Cc1cc(F)ccc1NC(=O)[C@@H](C)Oc1cccc(Cl)c1. The van der Waals surface area contributed by atoms with Crippen molar-refractivity contribution in [3.63, 3.8) is 0 Å². The van der Waals surface area contributed by atoms with Gasteiger partial charge in [-0.05, 0) is 55.8 Å². The molecule has 110 valence electrons. The van der Waals surface area contributed by atoms with Crippen LogP contribution in [0.4, 0.5) is 10.1 Å². The molecule has 3 nitrogen and oxygen atoms in total. The number of nitrogens with one attached hydrogen (secondary N) is 1. The second kappa shape index (κ2) is 6.59. The van der Waals surface area contributed by atoms with Crippen LogP contribution >= 0.6 is 11.6 Å². The molecule has 0 radical (unpaired) electrons. The van der Waals surface area contributed by atoms with Crippen molar-refractivity contribution >= 4 is 23.2 Å². The van der Waals surface area contributed by atoms with Gasteiger partial charge in [-0.2, -0.15) is 0 Å². The van der Waals surface area contributed by atoms with Gasteiger partial charge in [0.2, 0.25) is 0 Å².